The highest BCUT2D eigenvalue weighted by atomic mass is 19.1. The Morgan fingerprint density at radius 2 is 1.89 bits per heavy atom. The third kappa shape index (κ3) is 4.75. The Kier molecular flexibility index (Phi) is 6.01. The van der Waals surface area contributed by atoms with E-state index in [0.29, 0.717) is 6.54 Å². The lowest BCUT2D eigenvalue weighted by molar-refractivity contribution is -0.130. The standard InChI is InChI=1S/C27H27FN8O/c1-19(37)34-11-9-33(10-12-34)17-21-7-8-35-26(21)27(29-18-31-35)32-24-5-6-25-22(14-24)15-30-36(25)16-20-3-2-4-23(28)13-20/h2-8,13-15,18H,9-12,16-17H2,1H3,(H,29,31,32). The molecule has 9 nitrogen and oxygen atoms in total. The van der Waals surface area contributed by atoms with Crippen molar-refractivity contribution in [1.29, 1.82) is 0 Å². The smallest absolute Gasteiger partial charge is 0.219 e. The molecule has 0 unspecified atom stereocenters. The van der Waals surface area contributed by atoms with Crippen molar-refractivity contribution in [2.45, 2.75) is 20.0 Å². The number of nitrogens with zero attached hydrogens (tertiary/aromatic N) is 7. The molecule has 10 heteroatoms. The van der Waals surface area contributed by atoms with Gasteiger partial charge in [-0.15, -0.1) is 0 Å². The number of carbonyl (C=O) groups excluding carboxylic acids is 1. The van der Waals surface area contributed by atoms with Gasteiger partial charge < -0.3 is 10.2 Å². The summed E-state index contributed by atoms with van der Waals surface area (Å²) in [6.07, 6.45) is 5.31. The Bertz CT molecular complexity index is 1580. The first-order valence-corrected chi connectivity index (χ1v) is 12.3. The number of rotatable bonds is 6. The molecule has 3 aromatic heterocycles. The summed E-state index contributed by atoms with van der Waals surface area (Å²) in [5.74, 6) is 0.605. The number of aromatic nitrogens is 5. The Balaban J connectivity index is 1.22. The first-order chi connectivity index (χ1) is 18.0. The van der Waals surface area contributed by atoms with Crippen molar-refractivity contribution in [1.82, 2.24) is 34.2 Å². The number of anilines is 2. The van der Waals surface area contributed by atoms with E-state index in [0.717, 1.165) is 71.8 Å². The van der Waals surface area contributed by atoms with Crippen LogP contribution in [0, 0.1) is 5.82 Å². The predicted octanol–water partition coefficient (Wildman–Crippen LogP) is 3.67. The van der Waals surface area contributed by atoms with Gasteiger partial charge in [-0.2, -0.15) is 10.2 Å². The highest BCUT2D eigenvalue weighted by molar-refractivity contribution is 5.85. The van der Waals surface area contributed by atoms with Crippen LogP contribution in [-0.2, 0) is 17.9 Å². The van der Waals surface area contributed by atoms with E-state index in [2.05, 4.69) is 31.5 Å². The van der Waals surface area contributed by atoms with E-state index in [1.54, 1.807) is 19.3 Å². The van der Waals surface area contributed by atoms with Gasteiger partial charge in [0.2, 0.25) is 5.91 Å². The molecule has 1 amide bonds. The summed E-state index contributed by atoms with van der Waals surface area (Å²) in [6.45, 7) is 6.04. The number of nitrogens with one attached hydrogen (secondary N) is 1. The molecule has 188 valence electrons. The lowest BCUT2D eigenvalue weighted by Crippen LogP contribution is -2.47. The summed E-state index contributed by atoms with van der Waals surface area (Å²) < 4.78 is 17.3. The molecule has 5 aromatic rings. The summed E-state index contributed by atoms with van der Waals surface area (Å²) in [6, 6.07) is 14.7. The molecule has 0 spiro atoms. The fraction of sp³-hybridized carbons (Fsp3) is 0.259. The number of benzene rings is 2. The lowest BCUT2D eigenvalue weighted by atomic mass is 10.2. The number of amides is 1. The van der Waals surface area contributed by atoms with Gasteiger partial charge in [0.25, 0.3) is 0 Å². The van der Waals surface area contributed by atoms with E-state index in [1.165, 1.54) is 12.1 Å². The maximum atomic E-state index is 13.6. The molecule has 0 radical (unpaired) electrons. The van der Waals surface area contributed by atoms with Crippen molar-refractivity contribution in [2.75, 3.05) is 31.5 Å². The van der Waals surface area contributed by atoms with Gasteiger partial charge >= 0.3 is 0 Å². The monoisotopic (exact) mass is 498 g/mol. The van der Waals surface area contributed by atoms with Crippen LogP contribution in [0.2, 0.25) is 0 Å². The molecule has 0 aliphatic carbocycles. The number of piperazine rings is 1. The molecule has 1 fully saturated rings. The lowest BCUT2D eigenvalue weighted by Gasteiger charge is -2.34. The Hall–Kier alpha value is -4.31. The number of carbonyl (C=O) groups is 1. The SMILES string of the molecule is CC(=O)N1CCN(Cc2ccn3ncnc(Nc4ccc5c(cnn5Cc5cccc(F)c5)c4)c23)CC1. The summed E-state index contributed by atoms with van der Waals surface area (Å²) in [5.41, 5.74) is 4.78. The molecule has 1 aliphatic heterocycles. The second-order valence-corrected chi connectivity index (χ2v) is 9.36. The first-order valence-electron chi connectivity index (χ1n) is 12.3. The zero-order chi connectivity index (χ0) is 25.4. The number of hydrogen-bond acceptors (Lipinski definition) is 6. The molecule has 0 saturated carbocycles. The molecule has 4 heterocycles. The van der Waals surface area contributed by atoms with E-state index in [1.807, 2.05) is 50.8 Å². The fourth-order valence-corrected chi connectivity index (χ4v) is 4.93. The zero-order valence-corrected chi connectivity index (χ0v) is 20.5. The van der Waals surface area contributed by atoms with Crippen LogP contribution in [0.15, 0.2) is 67.3 Å². The topological polar surface area (TPSA) is 83.6 Å². The van der Waals surface area contributed by atoms with Gasteiger partial charge in [0.05, 0.1) is 18.3 Å². The molecule has 0 atom stereocenters. The van der Waals surface area contributed by atoms with Crippen molar-refractivity contribution in [3.8, 4) is 0 Å². The number of halogens is 1. The van der Waals surface area contributed by atoms with Crippen molar-refractivity contribution >= 4 is 33.8 Å². The van der Waals surface area contributed by atoms with Gasteiger partial charge in [0, 0.05) is 56.9 Å². The molecule has 2 aromatic carbocycles. The van der Waals surface area contributed by atoms with E-state index in [4.69, 9.17) is 0 Å². The minimum absolute atomic E-state index is 0.130. The molecule has 1 saturated heterocycles. The second-order valence-electron chi connectivity index (χ2n) is 9.36. The highest BCUT2D eigenvalue weighted by Crippen LogP contribution is 2.27. The minimum Gasteiger partial charge on any atom is -0.340 e. The van der Waals surface area contributed by atoms with E-state index >= 15 is 0 Å². The molecular weight excluding hydrogens is 471 g/mol. The van der Waals surface area contributed by atoms with Crippen molar-refractivity contribution in [2.24, 2.45) is 0 Å². The van der Waals surface area contributed by atoms with Gasteiger partial charge in [0.1, 0.15) is 17.7 Å². The Morgan fingerprint density at radius 3 is 2.70 bits per heavy atom. The molecule has 37 heavy (non-hydrogen) atoms. The van der Waals surface area contributed by atoms with E-state index in [-0.39, 0.29) is 11.7 Å². The number of hydrogen-bond donors (Lipinski definition) is 1. The number of fused-ring (bicyclic) bond motifs is 2. The Labute approximate surface area is 213 Å². The Morgan fingerprint density at radius 1 is 1.03 bits per heavy atom. The maximum Gasteiger partial charge on any atom is 0.219 e. The van der Waals surface area contributed by atoms with E-state index in [9.17, 15) is 9.18 Å². The van der Waals surface area contributed by atoms with Crippen LogP contribution >= 0.6 is 0 Å². The summed E-state index contributed by atoms with van der Waals surface area (Å²) in [4.78, 5) is 20.4. The zero-order valence-electron chi connectivity index (χ0n) is 20.5. The average molecular weight is 499 g/mol. The van der Waals surface area contributed by atoms with Crippen LogP contribution in [-0.4, -0.2) is 66.3 Å². The van der Waals surface area contributed by atoms with Gasteiger partial charge in [-0.1, -0.05) is 12.1 Å². The summed E-state index contributed by atoms with van der Waals surface area (Å²) in [7, 11) is 0. The van der Waals surface area contributed by atoms with Crippen LogP contribution < -0.4 is 5.32 Å². The molecule has 1 aliphatic rings. The van der Waals surface area contributed by atoms with Crippen LogP contribution in [0.4, 0.5) is 15.9 Å². The van der Waals surface area contributed by atoms with Crippen molar-refractivity contribution in [3.05, 3.63) is 84.2 Å². The summed E-state index contributed by atoms with van der Waals surface area (Å²) in [5, 5.41) is 13.3. The predicted molar refractivity (Wildman–Crippen MR) is 139 cm³/mol. The fourth-order valence-electron chi connectivity index (χ4n) is 4.93. The normalized spacial score (nSPS) is 14.5. The van der Waals surface area contributed by atoms with Gasteiger partial charge in [-0.3, -0.25) is 14.4 Å². The molecule has 0 bridgehead atoms. The summed E-state index contributed by atoms with van der Waals surface area (Å²) >= 11 is 0. The average Bonchev–Trinajstić information content (AvgIpc) is 3.49. The quantitative estimate of drug-likeness (QED) is 0.385. The minimum atomic E-state index is -0.250. The van der Waals surface area contributed by atoms with Crippen LogP contribution in [0.25, 0.3) is 16.4 Å². The third-order valence-corrected chi connectivity index (χ3v) is 6.87. The van der Waals surface area contributed by atoms with Crippen molar-refractivity contribution < 1.29 is 9.18 Å². The first kappa shape index (κ1) is 23.1. The van der Waals surface area contributed by atoms with Crippen LogP contribution in [0.1, 0.15) is 18.1 Å². The van der Waals surface area contributed by atoms with Crippen LogP contribution in [0.3, 0.4) is 0 Å². The maximum absolute atomic E-state index is 13.6. The van der Waals surface area contributed by atoms with Gasteiger partial charge in [-0.05, 0) is 47.5 Å². The van der Waals surface area contributed by atoms with Crippen molar-refractivity contribution in [3.63, 3.8) is 0 Å². The second kappa shape index (κ2) is 9.62. The highest BCUT2D eigenvalue weighted by Gasteiger charge is 2.20. The molecule has 1 N–H and O–H groups in total. The van der Waals surface area contributed by atoms with E-state index < -0.39 is 0 Å². The molecule has 6 rings (SSSR count). The molecular formula is C27H27FN8O. The van der Waals surface area contributed by atoms with Gasteiger partial charge in [0.15, 0.2) is 5.82 Å². The van der Waals surface area contributed by atoms with Gasteiger partial charge in [-0.25, -0.2) is 13.9 Å². The third-order valence-electron chi connectivity index (χ3n) is 6.87. The largest absolute Gasteiger partial charge is 0.340 e. The van der Waals surface area contributed by atoms with Crippen LogP contribution in [0.5, 0.6) is 0 Å².